The fraction of sp³-hybridized carbons (Fsp3) is 0.938. The third kappa shape index (κ3) is 2.01. The zero-order valence-corrected chi connectivity index (χ0v) is 11.8. The topological polar surface area (TPSA) is 32.3 Å². The van der Waals surface area contributed by atoms with Crippen LogP contribution in [-0.4, -0.2) is 36.0 Å². The molecule has 0 spiro atoms. The molecule has 0 aromatic rings. The Hall–Kier alpha value is -0.570. The average Bonchev–Trinajstić information content (AvgIpc) is 2.91. The zero-order valence-electron chi connectivity index (χ0n) is 11.8. The molecular weight excluding hydrogens is 236 g/mol. The van der Waals surface area contributed by atoms with Gasteiger partial charge in [-0.25, -0.2) is 0 Å². The first kappa shape index (κ1) is 12.2. The SMILES string of the molecule is O=C(C1C2CCCC21)N1CCCCC1C1CCCN1. The number of fused-ring (bicyclic) bond motifs is 1. The molecule has 4 atom stereocenters. The summed E-state index contributed by atoms with van der Waals surface area (Å²) >= 11 is 0. The van der Waals surface area contributed by atoms with E-state index >= 15 is 0 Å². The number of hydrogen-bond donors (Lipinski definition) is 1. The maximum atomic E-state index is 12.8. The number of amides is 1. The molecule has 3 heteroatoms. The van der Waals surface area contributed by atoms with Crippen LogP contribution in [0.5, 0.6) is 0 Å². The molecule has 106 valence electrons. The van der Waals surface area contributed by atoms with Crippen molar-refractivity contribution >= 4 is 5.91 Å². The quantitative estimate of drug-likeness (QED) is 0.827. The van der Waals surface area contributed by atoms with E-state index in [9.17, 15) is 4.79 Å². The summed E-state index contributed by atoms with van der Waals surface area (Å²) in [4.78, 5) is 15.1. The number of carbonyl (C=O) groups excluding carboxylic acids is 1. The van der Waals surface area contributed by atoms with Gasteiger partial charge in [-0.1, -0.05) is 6.42 Å². The zero-order chi connectivity index (χ0) is 12.8. The van der Waals surface area contributed by atoms with Crippen LogP contribution in [0, 0.1) is 17.8 Å². The Morgan fingerprint density at radius 1 is 0.947 bits per heavy atom. The molecular formula is C16H26N2O. The third-order valence-electron chi connectivity index (χ3n) is 6.09. The van der Waals surface area contributed by atoms with Gasteiger partial charge in [0.05, 0.1) is 0 Å². The lowest BCUT2D eigenvalue weighted by atomic mass is 9.93. The lowest BCUT2D eigenvalue weighted by Gasteiger charge is -2.39. The maximum absolute atomic E-state index is 12.8. The van der Waals surface area contributed by atoms with Crippen molar-refractivity contribution in [3.05, 3.63) is 0 Å². The molecule has 19 heavy (non-hydrogen) atoms. The van der Waals surface area contributed by atoms with Crippen LogP contribution in [-0.2, 0) is 4.79 Å². The monoisotopic (exact) mass is 262 g/mol. The van der Waals surface area contributed by atoms with Gasteiger partial charge in [0.15, 0.2) is 0 Å². The second kappa shape index (κ2) is 4.76. The van der Waals surface area contributed by atoms with E-state index in [-0.39, 0.29) is 0 Å². The summed E-state index contributed by atoms with van der Waals surface area (Å²) in [5.74, 6) is 2.49. The molecule has 2 saturated carbocycles. The Balaban J connectivity index is 1.46. The summed E-state index contributed by atoms with van der Waals surface area (Å²) in [6.07, 6.45) is 10.3. The van der Waals surface area contributed by atoms with Crippen LogP contribution in [0.2, 0.25) is 0 Å². The summed E-state index contributed by atoms with van der Waals surface area (Å²) < 4.78 is 0. The Labute approximate surface area is 116 Å². The van der Waals surface area contributed by atoms with E-state index in [0.717, 1.165) is 24.9 Å². The van der Waals surface area contributed by atoms with Crippen molar-refractivity contribution in [1.82, 2.24) is 10.2 Å². The molecule has 0 radical (unpaired) electrons. The molecule has 0 bridgehead atoms. The highest BCUT2D eigenvalue weighted by Crippen LogP contribution is 2.58. The van der Waals surface area contributed by atoms with Gasteiger partial charge in [-0.2, -0.15) is 0 Å². The van der Waals surface area contributed by atoms with Crippen LogP contribution >= 0.6 is 0 Å². The largest absolute Gasteiger partial charge is 0.338 e. The molecule has 4 unspecified atom stereocenters. The van der Waals surface area contributed by atoms with Gasteiger partial charge in [-0.05, 0) is 63.3 Å². The molecule has 2 aliphatic heterocycles. The highest BCUT2D eigenvalue weighted by molar-refractivity contribution is 5.83. The van der Waals surface area contributed by atoms with Crippen molar-refractivity contribution in [2.24, 2.45) is 17.8 Å². The van der Waals surface area contributed by atoms with E-state index < -0.39 is 0 Å². The van der Waals surface area contributed by atoms with Gasteiger partial charge in [0.1, 0.15) is 0 Å². The number of hydrogen-bond acceptors (Lipinski definition) is 2. The van der Waals surface area contributed by atoms with Crippen LogP contribution in [0.4, 0.5) is 0 Å². The van der Waals surface area contributed by atoms with Crippen LogP contribution in [0.1, 0.15) is 51.4 Å². The van der Waals surface area contributed by atoms with E-state index in [1.807, 2.05) is 0 Å². The lowest BCUT2D eigenvalue weighted by molar-refractivity contribution is -0.137. The van der Waals surface area contributed by atoms with Crippen LogP contribution in [0.15, 0.2) is 0 Å². The van der Waals surface area contributed by atoms with Crippen molar-refractivity contribution in [3.8, 4) is 0 Å². The van der Waals surface area contributed by atoms with Crippen molar-refractivity contribution in [1.29, 1.82) is 0 Å². The second-order valence-electron chi connectivity index (χ2n) is 7.08. The number of piperidine rings is 1. The molecule has 0 aromatic heterocycles. The summed E-state index contributed by atoms with van der Waals surface area (Å²) in [5.41, 5.74) is 0. The third-order valence-corrected chi connectivity index (χ3v) is 6.09. The highest BCUT2D eigenvalue weighted by Gasteiger charge is 2.58. The van der Waals surface area contributed by atoms with Gasteiger partial charge in [-0.15, -0.1) is 0 Å². The number of carbonyl (C=O) groups is 1. The smallest absolute Gasteiger partial charge is 0.226 e. The van der Waals surface area contributed by atoms with E-state index in [1.165, 1.54) is 51.4 Å². The molecule has 4 rings (SSSR count). The average molecular weight is 262 g/mol. The maximum Gasteiger partial charge on any atom is 0.226 e. The molecule has 4 aliphatic rings. The first-order valence-electron chi connectivity index (χ1n) is 8.40. The standard InChI is InChI=1S/C16H26N2O/c19-16(15-11-5-3-6-12(11)15)18-10-2-1-8-14(18)13-7-4-9-17-13/h11-15,17H,1-10H2. The minimum atomic E-state index is 0.427. The molecule has 1 N–H and O–H groups in total. The van der Waals surface area contributed by atoms with Crippen LogP contribution in [0.3, 0.4) is 0 Å². The van der Waals surface area contributed by atoms with Gasteiger partial charge >= 0.3 is 0 Å². The van der Waals surface area contributed by atoms with Gasteiger partial charge < -0.3 is 10.2 Å². The molecule has 2 saturated heterocycles. The molecule has 3 nitrogen and oxygen atoms in total. The van der Waals surface area contributed by atoms with E-state index in [2.05, 4.69) is 10.2 Å². The van der Waals surface area contributed by atoms with Crippen LogP contribution in [0.25, 0.3) is 0 Å². The van der Waals surface area contributed by atoms with Gasteiger partial charge in [0, 0.05) is 24.5 Å². The molecule has 2 aliphatic carbocycles. The Morgan fingerprint density at radius 2 is 1.79 bits per heavy atom. The Morgan fingerprint density at radius 3 is 2.53 bits per heavy atom. The number of nitrogens with zero attached hydrogens (tertiary/aromatic N) is 1. The highest BCUT2D eigenvalue weighted by atomic mass is 16.2. The molecule has 2 heterocycles. The number of likely N-dealkylation sites (tertiary alicyclic amines) is 1. The normalized spacial score (nSPS) is 45.3. The molecule has 4 fully saturated rings. The van der Waals surface area contributed by atoms with Crippen molar-refractivity contribution in [2.75, 3.05) is 13.1 Å². The van der Waals surface area contributed by atoms with E-state index in [0.29, 0.717) is 23.9 Å². The van der Waals surface area contributed by atoms with Crippen LogP contribution < -0.4 is 5.32 Å². The fourth-order valence-electron chi connectivity index (χ4n) is 5.07. The summed E-state index contributed by atoms with van der Waals surface area (Å²) in [7, 11) is 0. The summed E-state index contributed by atoms with van der Waals surface area (Å²) in [6, 6.07) is 1.09. The van der Waals surface area contributed by atoms with Gasteiger partial charge in [0.25, 0.3) is 0 Å². The predicted octanol–water partition coefficient (Wildman–Crippen LogP) is 2.17. The first-order valence-corrected chi connectivity index (χ1v) is 8.40. The van der Waals surface area contributed by atoms with Gasteiger partial charge in [0.2, 0.25) is 5.91 Å². The molecule has 0 aromatic carbocycles. The summed E-state index contributed by atoms with van der Waals surface area (Å²) in [5, 5.41) is 3.63. The minimum Gasteiger partial charge on any atom is -0.338 e. The first-order chi connectivity index (χ1) is 9.36. The minimum absolute atomic E-state index is 0.427. The Bertz CT molecular complexity index is 354. The fourth-order valence-corrected chi connectivity index (χ4v) is 5.07. The van der Waals surface area contributed by atoms with E-state index in [1.54, 1.807) is 0 Å². The van der Waals surface area contributed by atoms with Gasteiger partial charge in [-0.3, -0.25) is 4.79 Å². The van der Waals surface area contributed by atoms with E-state index in [4.69, 9.17) is 0 Å². The Kier molecular flexibility index (Phi) is 3.06. The summed E-state index contributed by atoms with van der Waals surface area (Å²) in [6.45, 7) is 2.18. The lowest BCUT2D eigenvalue weighted by Crippen LogP contribution is -2.53. The second-order valence-corrected chi connectivity index (χ2v) is 7.08. The van der Waals surface area contributed by atoms with Crippen molar-refractivity contribution in [2.45, 2.75) is 63.5 Å². The predicted molar refractivity (Wildman–Crippen MR) is 74.7 cm³/mol. The van der Waals surface area contributed by atoms with Crippen molar-refractivity contribution in [3.63, 3.8) is 0 Å². The molecule has 1 amide bonds. The van der Waals surface area contributed by atoms with Crippen molar-refractivity contribution < 1.29 is 4.79 Å². The number of nitrogens with one attached hydrogen (secondary N) is 1. The number of rotatable bonds is 2.